The minimum absolute atomic E-state index is 0.0618. The molecule has 1 amide bonds. The number of carbonyl (C=O) groups is 1. The van der Waals surface area contributed by atoms with Gasteiger partial charge in [0, 0.05) is 13.2 Å². The topological polar surface area (TPSA) is 106 Å². The lowest BCUT2D eigenvalue weighted by molar-refractivity contribution is -0.118. The number of amides is 1. The molecule has 21 heavy (non-hydrogen) atoms. The number of hydrogen-bond donors (Lipinski definition) is 3. The second-order valence-corrected chi connectivity index (χ2v) is 4.85. The summed E-state index contributed by atoms with van der Waals surface area (Å²) in [6.45, 7) is 0.577. The van der Waals surface area contributed by atoms with E-state index >= 15 is 0 Å². The molecule has 0 spiro atoms. The molecule has 0 saturated heterocycles. The lowest BCUT2D eigenvalue weighted by Crippen LogP contribution is -2.28. The Bertz CT molecular complexity index is 616. The molecule has 0 saturated carbocycles. The zero-order valence-corrected chi connectivity index (χ0v) is 12.0. The summed E-state index contributed by atoms with van der Waals surface area (Å²) in [5.41, 5.74) is 6.41. The third-order valence-electron chi connectivity index (χ3n) is 2.86. The molecule has 112 valence electrons. The number of aliphatic hydroxyl groups is 1. The van der Waals surface area contributed by atoms with E-state index in [1.54, 1.807) is 35.1 Å². The highest BCUT2D eigenvalue weighted by molar-refractivity contribution is 6.33. The van der Waals surface area contributed by atoms with Gasteiger partial charge < -0.3 is 16.2 Å². The van der Waals surface area contributed by atoms with Crippen molar-refractivity contribution in [1.82, 2.24) is 15.0 Å². The normalized spacial score (nSPS) is 12.1. The molecule has 8 heteroatoms. The van der Waals surface area contributed by atoms with E-state index in [1.165, 1.54) is 0 Å². The monoisotopic (exact) mass is 309 g/mol. The van der Waals surface area contributed by atoms with E-state index in [-0.39, 0.29) is 6.61 Å². The van der Waals surface area contributed by atoms with Crippen LogP contribution in [0.25, 0.3) is 0 Å². The molecule has 0 radical (unpaired) electrons. The Balaban J connectivity index is 2.17. The summed E-state index contributed by atoms with van der Waals surface area (Å²) in [4.78, 5) is 11.6. The molecule has 0 aliphatic rings. The first-order valence-electron chi connectivity index (χ1n) is 6.43. The molecule has 0 aliphatic heterocycles. The van der Waals surface area contributed by atoms with Crippen molar-refractivity contribution < 1.29 is 9.90 Å². The fourth-order valence-corrected chi connectivity index (χ4v) is 2.00. The Morgan fingerprint density at radius 1 is 1.48 bits per heavy atom. The standard InChI is InChI=1S/C13H16ClN5O2/c14-9-4-1-2-5-10(9)16-12(13(15)21)11-8-19(18-17-11)6-3-7-20/h1-2,4-5,8,12,16,20H,3,6-7H2,(H2,15,21). The highest BCUT2D eigenvalue weighted by Crippen LogP contribution is 2.25. The van der Waals surface area contributed by atoms with Crippen LogP contribution in [0.2, 0.25) is 5.02 Å². The van der Waals surface area contributed by atoms with Crippen LogP contribution in [0.5, 0.6) is 0 Å². The van der Waals surface area contributed by atoms with Crippen LogP contribution in [0.15, 0.2) is 30.5 Å². The lowest BCUT2D eigenvalue weighted by Gasteiger charge is -2.15. The maximum absolute atomic E-state index is 11.6. The van der Waals surface area contributed by atoms with Gasteiger partial charge in [0.25, 0.3) is 0 Å². The Kier molecular flexibility index (Phi) is 5.13. The number of rotatable bonds is 7. The first-order valence-corrected chi connectivity index (χ1v) is 6.81. The number of nitrogens with zero attached hydrogens (tertiary/aromatic N) is 3. The minimum atomic E-state index is -0.826. The van der Waals surface area contributed by atoms with E-state index in [9.17, 15) is 4.79 Å². The number of benzene rings is 1. The number of nitrogens with two attached hydrogens (primary N) is 1. The van der Waals surface area contributed by atoms with Crippen molar-refractivity contribution in [3.63, 3.8) is 0 Å². The molecule has 2 rings (SSSR count). The van der Waals surface area contributed by atoms with Crippen LogP contribution >= 0.6 is 11.6 Å². The first kappa shape index (κ1) is 15.3. The molecular weight excluding hydrogens is 294 g/mol. The zero-order valence-electron chi connectivity index (χ0n) is 11.2. The molecule has 1 heterocycles. The number of aromatic nitrogens is 3. The average Bonchev–Trinajstić information content (AvgIpc) is 2.92. The second kappa shape index (κ2) is 7.05. The summed E-state index contributed by atoms with van der Waals surface area (Å²) in [6.07, 6.45) is 2.18. The van der Waals surface area contributed by atoms with Crippen molar-refractivity contribution in [2.75, 3.05) is 11.9 Å². The smallest absolute Gasteiger partial charge is 0.246 e. The summed E-state index contributed by atoms with van der Waals surface area (Å²) < 4.78 is 1.55. The van der Waals surface area contributed by atoms with Gasteiger partial charge in [-0.05, 0) is 18.6 Å². The number of para-hydroxylation sites is 1. The SMILES string of the molecule is NC(=O)C(Nc1ccccc1Cl)c1cn(CCCO)nn1. The Hall–Kier alpha value is -2.12. The Morgan fingerprint density at radius 2 is 2.24 bits per heavy atom. The van der Waals surface area contributed by atoms with Gasteiger partial charge in [0.05, 0.1) is 16.9 Å². The van der Waals surface area contributed by atoms with Crippen LogP contribution in [-0.4, -0.2) is 32.6 Å². The van der Waals surface area contributed by atoms with E-state index in [2.05, 4.69) is 15.6 Å². The summed E-state index contributed by atoms with van der Waals surface area (Å²) in [7, 11) is 0. The van der Waals surface area contributed by atoms with E-state index < -0.39 is 11.9 Å². The Labute approximate surface area is 126 Å². The maximum atomic E-state index is 11.6. The molecule has 0 fully saturated rings. The van der Waals surface area contributed by atoms with Gasteiger partial charge in [0.15, 0.2) is 6.04 Å². The number of anilines is 1. The van der Waals surface area contributed by atoms with Crippen LogP contribution in [0.3, 0.4) is 0 Å². The molecule has 2 aromatic rings. The zero-order chi connectivity index (χ0) is 15.2. The Morgan fingerprint density at radius 3 is 2.90 bits per heavy atom. The number of carbonyl (C=O) groups excluding carboxylic acids is 1. The minimum Gasteiger partial charge on any atom is -0.396 e. The van der Waals surface area contributed by atoms with E-state index in [4.69, 9.17) is 22.4 Å². The molecule has 0 aliphatic carbocycles. The molecule has 1 aromatic carbocycles. The number of halogens is 1. The molecule has 1 unspecified atom stereocenters. The summed E-state index contributed by atoms with van der Waals surface area (Å²) in [6, 6.07) is 6.21. The molecule has 1 atom stereocenters. The molecule has 4 N–H and O–H groups in total. The van der Waals surface area contributed by atoms with Crippen LogP contribution in [0.4, 0.5) is 5.69 Å². The molecule has 7 nitrogen and oxygen atoms in total. The van der Waals surface area contributed by atoms with Crippen LogP contribution in [-0.2, 0) is 11.3 Å². The quantitative estimate of drug-likeness (QED) is 0.706. The van der Waals surface area contributed by atoms with Crippen molar-refractivity contribution in [2.45, 2.75) is 19.0 Å². The van der Waals surface area contributed by atoms with Crippen molar-refractivity contribution in [2.24, 2.45) is 5.73 Å². The third-order valence-corrected chi connectivity index (χ3v) is 3.19. The van der Waals surface area contributed by atoms with E-state index in [1.807, 2.05) is 0 Å². The predicted molar refractivity (Wildman–Crippen MR) is 78.7 cm³/mol. The van der Waals surface area contributed by atoms with Crippen molar-refractivity contribution in [3.8, 4) is 0 Å². The van der Waals surface area contributed by atoms with Gasteiger partial charge in [-0.1, -0.05) is 28.9 Å². The van der Waals surface area contributed by atoms with Crippen molar-refractivity contribution in [1.29, 1.82) is 0 Å². The van der Waals surface area contributed by atoms with Gasteiger partial charge in [-0.15, -0.1) is 5.10 Å². The van der Waals surface area contributed by atoms with Gasteiger partial charge in [-0.3, -0.25) is 9.48 Å². The van der Waals surface area contributed by atoms with Gasteiger partial charge in [0.1, 0.15) is 5.69 Å². The predicted octanol–water partition coefficient (Wildman–Crippen LogP) is 0.952. The highest BCUT2D eigenvalue weighted by Gasteiger charge is 2.22. The van der Waals surface area contributed by atoms with Gasteiger partial charge in [-0.2, -0.15) is 0 Å². The summed E-state index contributed by atoms with van der Waals surface area (Å²) in [5, 5.41) is 20.1. The maximum Gasteiger partial charge on any atom is 0.246 e. The van der Waals surface area contributed by atoms with E-state index in [0.29, 0.717) is 29.4 Å². The van der Waals surface area contributed by atoms with Crippen LogP contribution in [0, 0.1) is 0 Å². The number of hydrogen-bond acceptors (Lipinski definition) is 5. The fourth-order valence-electron chi connectivity index (χ4n) is 1.81. The molecule has 0 bridgehead atoms. The van der Waals surface area contributed by atoms with Crippen LogP contribution < -0.4 is 11.1 Å². The lowest BCUT2D eigenvalue weighted by atomic mass is 10.2. The van der Waals surface area contributed by atoms with Gasteiger partial charge in [-0.25, -0.2) is 0 Å². The second-order valence-electron chi connectivity index (χ2n) is 4.44. The summed E-state index contributed by atoms with van der Waals surface area (Å²) >= 11 is 6.05. The number of aliphatic hydroxyl groups excluding tert-OH is 1. The fraction of sp³-hybridized carbons (Fsp3) is 0.308. The van der Waals surface area contributed by atoms with Gasteiger partial charge >= 0.3 is 0 Å². The first-order chi connectivity index (χ1) is 10.1. The van der Waals surface area contributed by atoms with Crippen molar-refractivity contribution in [3.05, 3.63) is 41.2 Å². The highest BCUT2D eigenvalue weighted by atomic mass is 35.5. The largest absolute Gasteiger partial charge is 0.396 e. The van der Waals surface area contributed by atoms with Crippen molar-refractivity contribution >= 4 is 23.2 Å². The number of nitrogens with one attached hydrogen (secondary N) is 1. The molecule has 1 aromatic heterocycles. The number of aryl methyl sites for hydroxylation is 1. The van der Waals surface area contributed by atoms with E-state index in [0.717, 1.165) is 0 Å². The number of primary amides is 1. The summed E-state index contributed by atoms with van der Waals surface area (Å²) in [5.74, 6) is -0.580. The third kappa shape index (κ3) is 3.93. The van der Waals surface area contributed by atoms with Gasteiger partial charge in [0.2, 0.25) is 5.91 Å². The van der Waals surface area contributed by atoms with Crippen LogP contribution in [0.1, 0.15) is 18.2 Å². The average molecular weight is 310 g/mol. The molecular formula is C13H16ClN5O2.